The second-order valence-corrected chi connectivity index (χ2v) is 6.30. The quantitative estimate of drug-likeness (QED) is 0.760. The molecule has 2 atom stereocenters. The van der Waals surface area contributed by atoms with E-state index >= 15 is 0 Å². The van der Waals surface area contributed by atoms with Crippen LogP contribution in [-0.2, 0) is 0 Å². The first-order chi connectivity index (χ1) is 11.6. The van der Waals surface area contributed by atoms with Crippen LogP contribution in [0.4, 0.5) is 8.78 Å². The van der Waals surface area contributed by atoms with E-state index < -0.39 is 0 Å². The zero-order valence-corrected chi connectivity index (χ0v) is 13.4. The summed E-state index contributed by atoms with van der Waals surface area (Å²) in [5.41, 5.74) is 1.95. The second-order valence-electron chi connectivity index (χ2n) is 6.30. The lowest BCUT2D eigenvalue weighted by atomic mass is 9.91. The van der Waals surface area contributed by atoms with Gasteiger partial charge in [0.15, 0.2) is 0 Å². The number of aliphatic hydroxyl groups is 1. The molecule has 0 saturated carbocycles. The molecule has 0 aliphatic carbocycles. The molecule has 0 spiro atoms. The zero-order valence-electron chi connectivity index (χ0n) is 13.4. The van der Waals surface area contributed by atoms with Crippen LogP contribution < -0.4 is 10.6 Å². The van der Waals surface area contributed by atoms with E-state index in [4.69, 9.17) is 0 Å². The number of benzene rings is 2. The maximum Gasteiger partial charge on any atom is 0.123 e. The molecule has 1 heterocycles. The number of rotatable bonds is 6. The molecule has 1 aliphatic rings. The fraction of sp³-hybridized carbons (Fsp3) is 0.368. The second kappa shape index (κ2) is 7.83. The first-order valence-corrected chi connectivity index (χ1v) is 8.24. The smallest absolute Gasteiger partial charge is 0.123 e. The molecular formula is C19H22F2N2O. The van der Waals surface area contributed by atoms with Crippen LogP contribution in [0.5, 0.6) is 0 Å². The van der Waals surface area contributed by atoms with Crippen molar-refractivity contribution >= 4 is 0 Å². The molecule has 24 heavy (non-hydrogen) atoms. The van der Waals surface area contributed by atoms with E-state index in [1.807, 2.05) is 0 Å². The topological polar surface area (TPSA) is 44.3 Å². The normalized spacial score (nSPS) is 20.7. The maximum absolute atomic E-state index is 13.2. The number of aliphatic hydroxyl groups excluding tert-OH is 1. The van der Waals surface area contributed by atoms with Gasteiger partial charge in [-0.05, 0) is 35.4 Å². The fourth-order valence-electron chi connectivity index (χ4n) is 3.16. The molecule has 0 aromatic heterocycles. The van der Waals surface area contributed by atoms with Gasteiger partial charge in [-0.1, -0.05) is 24.3 Å². The lowest BCUT2D eigenvalue weighted by Gasteiger charge is -2.21. The minimum Gasteiger partial charge on any atom is -0.391 e. The largest absolute Gasteiger partial charge is 0.391 e. The predicted octanol–water partition coefficient (Wildman–Crippen LogP) is 2.27. The van der Waals surface area contributed by atoms with E-state index in [1.54, 1.807) is 24.3 Å². The van der Waals surface area contributed by atoms with Crippen molar-refractivity contribution in [3.63, 3.8) is 0 Å². The molecule has 0 bridgehead atoms. The van der Waals surface area contributed by atoms with Gasteiger partial charge < -0.3 is 15.7 Å². The summed E-state index contributed by atoms with van der Waals surface area (Å²) in [6.45, 7) is 2.77. The Morgan fingerprint density at radius 2 is 1.50 bits per heavy atom. The number of nitrogens with one attached hydrogen (secondary N) is 2. The van der Waals surface area contributed by atoms with Crippen molar-refractivity contribution in [2.75, 3.05) is 26.2 Å². The van der Waals surface area contributed by atoms with Crippen molar-refractivity contribution in [3.05, 3.63) is 71.3 Å². The third-order valence-corrected chi connectivity index (χ3v) is 4.60. The minimum absolute atomic E-state index is 0.00212. The van der Waals surface area contributed by atoms with Gasteiger partial charge in [-0.15, -0.1) is 0 Å². The van der Waals surface area contributed by atoms with Crippen LogP contribution in [0.25, 0.3) is 0 Å². The predicted molar refractivity (Wildman–Crippen MR) is 89.9 cm³/mol. The minimum atomic E-state index is -0.326. The molecule has 3 rings (SSSR count). The third kappa shape index (κ3) is 4.17. The Balaban J connectivity index is 1.71. The summed E-state index contributed by atoms with van der Waals surface area (Å²) in [5.74, 6) is -0.362. The SMILES string of the molecule is OC1CNCC1CNCC(c1ccc(F)cc1)c1ccc(F)cc1. The zero-order chi connectivity index (χ0) is 16.9. The molecule has 1 fully saturated rings. The van der Waals surface area contributed by atoms with E-state index in [9.17, 15) is 13.9 Å². The fourth-order valence-corrected chi connectivity index (χ4v) is 3.16. The Hall–Kier alpha value is -1.82. The summed E-state index contributed by atoms with van der Waals surface area (Å²) in [5, 5.41) is 16.4. The lowest BCUT2D eigenvalue weighted by molar-refractivity contribution is 0.146. The van der Waals surface area contributed by atoms with Crippen LogP contribution in [0, 0.1) is 17.6 Å². The molecule has 5 heteroatoms. The van der Waals surface area contributed by atoms with Crippen molar-refractivity contribution in [1.29, 1.82) is 0 Å². The first kappa shape index (κ1) is 17.0. The van der Waals surface area contributed by atoms with Crippen LogP contribution in [0.3, 0.4) is 0 Å². The van der Waals surface area contributed by atoms with Crippen molar-refractivity contribution in [1.82, 2.24) is 10.6 Å². The van der Waals surface area contributed by atoms with Gasteiger partial charge >= 0.3 is 0 Å². The van der Waals surface area contributed by atoms with Gasteiger partial charge in [0.1, 0.15) is 11.6 Å². The van der Waals surface area contributed by atoms with Gasteiger partial charge in [-0.3, -0.25) is 0 Å². The van der Waals surface area contributed by atoms with Gasteiger partial charge in [-0.25, -0.2) is 8.78 Å². The van der Waals surface area contributed by atoms with Crippen molar-refractivity contribution in [3.8, 4) is 0 Å². The van der Waals surface area contributed by atoms with Gasteiger partial charge in [0.25, 0.3) is 0 Å². The third-order valence-electron chi connectivity index (χ3n) is 4.60. The average molecular weight is 332 g/mol. The van der Waals surface area contributed by atoms with Gasteiger partial charge in [0.05, 0.1) is 6.10 Å². The number of hydrogen-bond donors (Lipinski definition) is 3. The van der Waals surface area contributed by atoms with Gasteiger partial charge in [0.2, 0.25) is 0 Å². The highest BCUT2D eigenvalue weighted by atomic mass is 19.1. The van der Waals surface area contributed by atoms with E-state index in [-0.39, 0.29) is 29.6 Å². The number of halogens is 2. The Morgan fingerprint density at radius 3 is 1.96 bits per heavy atom. The molecular weight excluding hydrogens is 310 g/mol. The van der Waals surface area contributed by atoms with Crippen molar-refractivity contribution in [2.24, 2.45) is 5.92 Å². The average Bonchev–Trinajstić information content (AvgIpc) is 2.99. The number of hydrogen-bond acceptors (Lipinski definition) is 3. The summed E-state index contributed by atoms with van der Waals surface area (Å²) < 4.78 is 26.4. The summed E-state index contributed by atoms with van der Waals surface area (Å²) in [6.07, 6.45) is -0.326. The molecule has 1 aliphatic heterocycles. The van der Waals surface area contributed by atoms with E-state index in [0.717, 1.165) is 17.7 Å². The van der Waals surface area contributed by atoms with Gasteiger partial charge in [-0.2, -0.15) is 0 Å². The van der Waals surface area contributed by atoms with Crippen molar-refractivity contribution in [2.45, 2.75) is 12.0 Å². The highest BCUT2D eigenvalue weighted by molar-refractivity contribution is 5.33. The molecule has 2 aromatic carbocycles. The van der Waals surface area contributed by atoms with E-state index in [0.29, 0.717) is 19.6 Å². The van der Waals surface area contributed by atoms with Crippen LogP contribution in [-0.4, -0.2) is 37.4 Å². The Bertz CT molecular complexity index is 600. The Morgan fingerprint density at radius 1 is 0.958 bits per heavy atom. The van der Waals surface area contributed by atoms with Crippen LogP contribution >= 0.6 is 0 Å². The first-order valence-electron chi connectivity index (χ1n) is 8.24. The van der Waals surface area contributed by atoms with Gasteiger partial charge in [0, 0.05) is 38.0 Å². The molecule has 0 amide bonds. The Kier molecular flexibility index (Phi) is 5.56. The van der Waals surface area contributed by atoms with Crippen LogP contribution in [0.2, 0.25) is 0 Å². The molecule has 3 nitrogen and oxygen atoms in total. The maximum atomic E-state index is 13.2. The Labute approximate surface area is 140 Å². The monoisotopic (exact) mass is 332 g/mol. The number of β-amino-alcohol motifs (C(OH)–C–C–N with tert-alkyl or cyclic N) is 1. The van der Waals surface area contributed by atoms with Crippen molar-refractivity contribution < 1.29 is 13.9 Å². The molecule has 1 saturated heterocycles. The molecule has 2 aromatic rings. The van der Waals surface area contributed by atoms with Crippen LogP contribution in [0.15, 0.2) is 48.5 Å². The summed E-state index contributed by atoms with van der Waals surface area (Å²) in [4.78, 5) is 0. The van der Waals surface area contributed by atoms with E-state index in [1.165, 1.54) is 24.3 Å². The molecule has 3 N–H and O–H groups in total. The highest BCUT2D eigenvalue weighted by Crippen LogP contribution is 2.25. The summed E-state index contributed by atoms with van der Waals surface area (Å²) in [6, 6.07) is 12.8. The standard InChI is InChI=1S/C19H22F2N2O/c20-16-5-1-13(2-6-16)18(14-3-7-17(21)8-4-14)11-22-9-15-10-23-12-19(15)24/h1-8,15,18-19,22-24H,9-12H2. The van der Waals surface area contributed by atoms with E-state index in [2.05, 4.69) is 10.6 Å². The highest BCUT2D eigenvalue weighted by Gasteiger charge is 2.24. The van der Waals surface area contributed by atoms with Crippen LogP contribution in [0.1, 0.15) is 17.0 Å². The molecule has 128 valence electrons. The molecule has 2 unspecified atom stereocenters. The summed E-state index contributed by atoms with van der Waals surface area (Å²) >= 11 is 0. The molecule has 0 radical (unpaired) electrons. The lowest BCUT2D eigenvalue weighted by Crippen LogP contribution is -2.33. The summed E-state index contributed by atoms with van der Waals surface area (Å²) in [7, 11) is 0.